The molecule has 1 saturated carbocycles. The second-order valence-corrected chi connectivity index (χ2v) is 9.72. The second-order valence-electron chi connectivity index (χ2n) is 9.72. The average Bonchev–Trinajstić information content (AvgIpc) is 2.71. The fraction of sp³-hybridized carbons (Fsp3) is 0.462. The number of amides is 1. The molecule has 0 heterocycles. The summed E-state index contributed by atoms with van der Waals surface area (Å²) >= 11 is 0. The smallest absolute Gasteiger partial charge is 0.423 e. The number of halogens is 3. The van der Waals surface area contributed by atoms with Crippen molar-refractivity contribution in [2.75, 3.05) is 0 Å². The van der Waals surface area contributed by atoms with Crippen molar-refractivity contribution >= 4 is 11.9 Å². The molecule has 0 spiro atoms. The van der Waals surface area contributed by atoms with Gasteiger partial charge >= 0.3 is 12.3 Å². The molecule has 35 heavy (non-hydrogen) atoms. The molecule has 0 aliphatic heterocycles. The molecule has 3 rings (SSSR count). The normalized spacial score (nSPS) is 14.2. The molecule has 6 nitrogen and oxygen atoms in total. The Morgan fingerprint density at radius 1 is 1.03 bits per heavy atom. The van der Waals surface area contributed by atoms with Gasteiger partial charge in [0.15, 0.2) is 5.78 Å². The molecule has 1 fully saturated rings. The maximum atomic E-state index is 13.7. The van der Waals surface area contributed by atoms with E-state index in [9.17, 15) is 27.9 Å². The van der Waals surface area contributed by atoms with Crippen LogP contribution in [0, 0.1) is 5.92 Å². The standard InChI is InChI=1S/C26H30F3NO5/c1-25(2,3)35-24(33)30-14-17-7-9-18(10-8-17)15-34-21-12-11-19(20(31)13-16-5-4-6-16)23(32)22(21)26(27,28)29/h7-12,16,32H,4-6,13-15H2,1-3H3,(H,30,33). The Labute approximate surface area is 202 Å². The zero-order valence-electron chi connectivity index (χ0n) is 20.0. The van der Waals surface area contributed by atoms with Crippen LogP contribution in [0.5, 0.6) is 11.5 Å². The van der Waals surface area contributed by atoms with Gasteiger partial charge in [-0.15, -0.1) is 0 Å². The maximum Gasteiger partial charge on any atom is 0.423 e. The lowest BCUT2D eigenvalue weighted by atomic mass is 9.80. The molecule has 0 saturated heterocycles. The monoisotopic (exact) mass is 493 g/mol. The topological polar surface area (TPSA) is 84.9 Å². The van der Waals surface area contributed by atoms with Gasteiger partial charge in [0.25, 0.3) is 0 Å². The molecular formula is C26H30F3NO5. The number of benzene rings is 2. The predicted octanol–water partition coefficient (Wildman–Crippen LogP) is 6.39. The van der Waals surface area contributed by atoms with Crippen LogP contribution in [0.15, 0.2) is 36.4 Å². The van der Waals surface area contributed by atoms with Crippen LogP contribution >= 0.6 is 0 Å². The number of rotatable bonds is 8. The quantitative estimate of drug-likeness (QED) is 0.417. The van der Waals surface area contributed by atoms with Gasteiger partial charge < -0.3 is 19.9 Å². The van der Waals surface area contributed by atoms with Crippen LogP contribution in [-0.4, -0.2) is 22.6 Å². The van der Waals surface area contributed by atoms with Gasteiger partial charge in [0.05, 0.1) is 5.56 Å². The molecule has 2 N–H and O–H groups in total. The number of phenolic OH excluding ortho intramolecular Hbond substituents is 1. The fourth-order valence-electron chi connectivity index (χ4n) is 3.66. The number of alkyl carbamates (subject to hydrolysis) is 1. The molecule has 0 unspecified atom stereocenters. The highest BCUT2D eigenvalue weighted by molar-refractivity contribution is 5.99. The minimum Gasteiger partial charge on any atom is -0.506 e. The lowest BCUT2D eigenvalue weighted by Crippen LogP contribution is -2.32. The zero-order chi connectivity index (χ0) is 25.8. The van der Waals surface area contributed by atoms with E-state index in [1.54, 1.807) is 45.0 Å². The first-order valence-corrected chi connectivity index (χ1v) is 11.5. The Balaban J connectivity index is 1.65. The first-order chi connectivity index (χ1) is 16.3. The Bertz CT molecular complexity index is 1050. The first-order valence-electron chi connectivity index (χ1n) is 11.5. The number of Topliss-reactive ketones (excluding diaryl/α,β-unsaturated/α-hetero) is 1. The number of alkyl halides is 3. The number of ether oxygens (including phenoxy) is 2. The van der Waals surface area contributed by atoms with Gasteiger partial charge in [-0.25, -0.2) is 4.79 Å². The lowest BCUT2D eigenvalue weighted by Gasteiger charge is -2.25. The van der Waals surface area contributed by atoms with E-state index in [4.69, 9.17) is 9.47 Å². The van der Waals surface area contributed by atoms with E-state index in [0.717, 1.165) is 30.9 Å². The number of nitrogens with one attached hydrogen (secondary N) is 1. The number of carbonyl (C=O) groups excluding carboxylic acids is 2. The second kappa shape index (κ2) is 10.6. The Kier molecular flexibility index (Phi) is 7.97. The van der Waals surface area contributed by atoms with E-state index in [2.05, 4.69) is 5.32 Å². The number of hydrogen-bond donors (Lipinski definition) is 2. The Hall–Kier alpha value is -3.23. The minimum absolute atomic E-state index is 0.125. The van der Waals surface area contributed by atoms with E-state index in [0.29, 0.717) is 5.56 Å². The van der Waals surface area contributed by atoms with Crippen LogP contribution in [0.4, 0.5) is 18.0 Å². The number of hydrogen-bond acceptors (Lipinski definition) is 5. The van der Waals surface area contributed by atoms with Crippen LogP contribution in [0.3, 0.4) is 0 Å². The summed E-state index contributed by atoms with van der Waals surface area (Å²) < 4.78 is 51.7. The van der Waals surface area contributed by atoms with Gasteiger partial charge in [-0.1, -0.05) is 43.5 Å². The van der Waals surface area contributed by atoms with Gasteiger partial charge in [0, 0.05) is 13.0 Å². The van der Waals surface area contributed by atoms with Crippen molar-refractivity contribution in [1.29, 1.82) is 0 Å². The molecule has 0 radical (unpaired) electrons. The predicted molar refractivity (Wildman–Crippen MR) is 123 cm³/mol. The molecule has 1 aliphatic carbocycles. The number of carbonyl (C=O) groups is 2. The third kappa shape index (κ3) is 7.37. The molecule has 0 bridgehead atoms. The van der Waals surface area contributed by atoms with Crippen molar-refractivity contribution in [3.63, 3.8) is 0 Å². The average molecular weight is 494 g/mol. The number of ketones is 1. The van der Waals surface area contributed by atoms with Gasteiger partial charge in [-0.05, 0) is 49.9 Å². The first kappa shape index (κ1) is 26.4. The summed E-state index contributed by atoms with van der Waals surface area (Å²) in [7, 11) is 0. The lowest BCUT2D eigenvalue weighted by molar-refractivity contribution is -0.140. The van der Waals surface area contributed by atoms with Crippen molar-refractivity contribution in [3.8, 4) is 11.5 Å². The van der Waals surface area contributed by atoms with Crippen LogP contribution in [-0.2, 0) is 24.1 Å². The third-order valence-corrected chi connectivity index (χ3v) is 5.68. The van der Waals surface area contributed by atoms with Crippen molar-refractivity contribution in [2.24, 2.45) is 5.92 Å². The molecule has 190 valence electrons. The van der Waals surface area contributed by atoms with Gasteiger partial charge in [0.2, 0.25) is 0 Å². The van der Waals surface area contributed by atoms with Gasteiger partial charge in [-0.3, -0.25) is 4.79 Å². The molecule has 2 aromatic carbocycles. The maximum absolute atomic E-state index is 13.7. The van der Waals surface area contributed by atoms with Crippen LogP contribution < -0.4 is 10.1 Å². The van der Waals surface area contributed by atoms with Gasteiger partial charge in [-0.2, -0.15) is 13.2 Å². The van der Waals surface area contributed by atoms with Crippen LogP contribution in [0.2, 0.25) is 0 Å². The summed E-state index contributed by atoms with van der Waals surface area (Å²) in [5, 5.41) is 12.9. The van der Waals surface area contributed by atoms with E-state index in [1.165, 1.54) is 6.07 Å². The summed E-state index contributed by atoms with van der Waals surface area (Å²) in [5.41, 5.74) is -0.947. The molecule has 0 atom stereocenters. The van der Waals surface area contributed by atoms with Crippen LogP contribution in [0.1, 0.15) is 73.5 Å². The molecule has 9 heteroatoms. The summed E-state index contributed by atoms with van der Waals surface area (Å²) in [6, 6.07) is 9.01. The van der Waals surface area contributed by atoms with Crippen LogP contribution in [0.25, 0.3) is 0 Å². The van der Waals surface area contributed by atoms with E-state index < -0.39 is 40.7 Å². The SMILES string of the molecule is CC(C)(C)OC(=O)NCc1ccc(COc2ccc(C(=O)CC3CCC3)c(O)c2C(F)(F)F)cc1. The highest BCUT2D eigenvalue weighted by atomic mass is 19.4. The summed E-state index contributed by atoms with van der Waals surface area (Å²) in [4.78, 5) is 24.2. The number of aromatic hydroxyl groups is 1. The Morgan fingerprint density at radius 2 is 1.66 bits per heavy atom. The summed E-state index contributed by atoms with van der Waals surface area (Å²) in [6.07, 6.45) is -2.58. The third-order valence-electron chi connectivity index (χ3n) is 5.68. The molecule has 0 aromatic heterocycles. The van der Waals surface area contributed by atoms with E-state index in [1.807, 2.05) is 0 Å². The van der Waals surface area contributed by atoms with E-state index in [-0.39, 0.29) is 31.1 Å². The number of phenols is 1. The molecule has 1 aliphatic rings. The largest absolute Gasteiger partial charge is 0.506 e. The molecular weight excluding hydrogens is 463 g/mol. The van der Waals surface area contributed by atoms with Gasteiger partial charge in [0.1, 0.15) is 29.3 Å². The highest BCUT2D eigenvalue weighted by Gasteiger charge is 2.40. The van der Waals surface area contributed by atoms with Crippen molar-refractivity contribution in [2.45, 2.75) is 71.4 Å². The summed E-state index contributed by atoms with van der Waals surface area (Å²) in [5.74, 6) is -1.98. The summed E-state index contributed by atoms with van der Waals surface area (Å²) in [6.45, 7) is 5.31. The van der Waals surface area contributed by atoms with Crippen molar-refractivity contribution < 1.29 is 37.3 Å². The van der Waals surface area contributed by atoms with Crippen molar-refractivity contribution in [3.05, 3.63) is 58.7 Å². The Morgan fingerprint density at radius 3 is 2.20 bits per heavy atom. The minimum atomic E-state index is -4.90. The highest BCUT2D eigenvalue weighted by Crippen LogP contribution is 2.45. The fourth-order valence-corrected chi connectivity index (χ4v) is 3.66. The molecule has 1 amide bonds. The van der Waals surface area contributed by atoms with E-state index >= 15 is 0 Å². The molecule has 2 aromatic rings. The van der Waals surface area contributed by atoms with Crippen molar-refractivity contribution in [1.82, 2.24) is 5.32 Å². The zero-order valence-corrected chi connectivity index (χ0v) is 20.0.